The fourth-order valence-corrected chi connectivity index (χ4v) is 4.78. The Morgan fingerprint density at radius 3 is 2.45 bits per heavy atom. The molecule has 3 aromatic carbocycles. The van der Waals surface area contributed by atoms with Crippen LogP contribution in [0.15, 0.2) is 78.4 Å². The second kappa shape index (κ2) is 11.4. The van der Waals surface area contributed by atoms with Crippen molar-refractivity contribution in [2.24, 2.45) is 0 Å². The molecule has 0 radical (unpaired) electrons. The van der Waals surface area contributed by atoms with Crippen LogP contribution in [0.4, 0.5) is 0 Å². The summed E-state index contributed by atoms with van der Waals surface area (Å²) in [7, 11) is 0. The van der Waals surface area contributed by atoms with Crippen molar-refractivity contribution in [2.45, 2.75) is 32.2 Å². The average Bonchev–Trinajstić information content (AvgIpc) is 3.21. The minimum atomic E-state index is -0.739. The van der Waals surface area contributed by atoms with Gasteiger partial charge < -0.3 is 24.2 Å². The van der Waals surface area contributed by atoms with Crippen LogP contribution in [0.2, 0.25) is 0 Å². The van der Waals surface area contributed by atoms with Gasteiger partial charge in [0.1, 0.15) is 24.7 Å². The van der Waals surface area contributed by atoms with Gasteiger partial charge in [-0.05, 0) is 54.3 Å². The van der Waals surface area contributed by atoms with Crippen molar-refractivity contribution in [3.63, 3.8) is 0 Å². The van der Waals surface area contributed by atoms with Crippen LogP contribution < -0.4 is 14.2 Å². The molecule has 0 saturated carbocycles. The van der Waals surface area contributed by atoms with Crippen LogP contribution >= 0.6 is 0 Å². The molecule has 2 aliphatic heterocycles. The molecule has 7 nitrogen and oxygen atoms in total. The number of fused-ring (bicyclic) bond motifs is 1. The molecule has 1 amide bonds. The van der Waals surface area contributed by atoms with Gasteiger partial charge in [-0.1, -0.05) is 55.8 Å². The molecule has 1 saturated heterocycles. The molecule has 0 spiro atoms. The number of nitrogens with zero attached hydrogens (tertiary/aromatic N) is 1. The quantitative estimate of drug-likeness (QED) is 0.181. The number of aliphatic hydroxyl groups excluding tert-OH is 1. The number of hydrogen-bond acceptors (Lipinski definition) is 6. The molecule has 2 aliphatic rings. The summed E-state index contributed by atoms with van der Waals surface area (Å²) in [6.45, 7) is 3.89. The highest BCUT2D eigenvalue weighted by atomic mass is 16.6. The van der Waals surface area contributed by atoms with E-state index in [9.17, 15) is 14.7 Å². The largest absolute Gasteiger partial charge is 0.507 e. The Balaban J connectivity index is 1.52. The van der Waals surface area contributed by atoms with Gasteiger partial charge in [-0.3, -0.25) is 9.59 Å². The molecule has 3 aromatic rings. The number of ketones is 1. The third kappa shape index (κ3) is 5.23. The summed E-state index contributed by atoms with van der Waals surface area (Å²) in [6.07, 6.45) is 2.57. The fourth-order valence-electron chi connectivity index (χ4n) is 4.78. The number of aliphatic hydroxyl groups is 1. The molecule has 7 heteroatoms. The molecule has 2 heterocycles. The third-order valence-corrected chi connectivity index (χ3v) is 6.80. The zero-order chi connectivity index (χ0) is 26.5. The molecular weight excluding hydrogens is 482 g/mol. The molecule has 196 valence electrons. The van der Waals surface area contributed by atoms with E-state index in [-0.39, 0.29) is 11.3 Å². The maximum atomic E-state index is 13.4. The average molecular weight is 514 g/mol. The van der Waals surface area contributed by atoms with E-state index in [0.29, 0.717) is 49.8 Å². The summed E-state index contributed by atoms with van der Waals surface area (Å²) in [5.74, 6) is 0.202. The number of benzene rings is 3. The van der Waals surface area contributed by atoms with Gasteiger partial charge in [-0.15, -0.1) is 0 Å². The normalized spacial score (nSPS) is 18.0. The highest BCUT2D eigenvalue weighted by molar-refractivity contribution is 6.46. The van der Waals surface area contributed by atoms with E-state index in [0.717, 1.165) is 29.7 Å². The number of rotatable bonds is 9. The molecule has 0 bridgehead atoms. The van der Waals surface area contributed by atoms with E-state index in [1.165, 1.54) is 0 Å². The minimum absolute atomic E-state index is 0.0550. The Bertz CT molecular complexity index is 1330. The topological polar surface area (TPSA) is 85.3 Å². The van der Waals surface area contributed by atoms with Crippen molar-refractivity contribution < 1.29 is 28.9 Å². The Morgan fingerprint density at radius 1 is 0.974 bits per heavy atom. The fraction of sp³-hybridized carbons (Fsp3) is 0.290. The lowest BCUT2D eigenvalue weighted by atomic mass is 9.95. The Hall–Kier alpha value is -4.26. The number of hydrogen-bond donors (Lipinski definition) is 1. The molecule has 1 atom stereocenters. The summed E-state index contributed by atoms with van der Waals surface area (Å²) < 4.78 is 17.0. The lowest BCUT2D eigenvalue weighted by Gasteiger charge is -2.26. The lowest BCUT2D eigenvalue weighted by Crippen LogP contribution is -2.31. The first-order valence-electron chi connectivity index (χ1n) is 13.0. The molecule has 38 heavy (non-hydrogen) atoms. The van der Waals surface area contributed by atoms with Crippen molar-refractivity contribution in [1.29, 1.82) is 0 Å². The van der Waals surface area contributed by atoms with Crippen LogP contribution in [0, 0.1) is 0 Å². The molecule has 5 rings (SSSR count). The van der Waals surface area contributed by atoms with Crippen LogP contribution in [0.5, 0.6) is 17.2 Å². The number of carbonyl (C=O) groups excluding carboxylic acids is 2. The Kier molecular flexibility index (Phi) is 7.63. The first kappa shape index (κ1) is 25.4. The molecular formula is C31H31NO6. The summed E-state index contributed by atoms with van der Waals surface area (Å²) in [4.78, 5) is 28.2. The van der Waals surface area contributed by atoms with Gasteiger partial charge in [0, 0.05) is 12.1 Å². The van der Waals surface area contributed by atoms with Gasteiger partial charge in [-0.25, -0.2) is 0 Å². The summed E-state index contributed by atoms with van der Waals surface area (Å²) in [6, 6.07) is 21.5. The number of Topliss-reactive ketones (excluding diaryl/α,β-unsaturated/α-hetero) is 1. The maximum absolute atomic E-state index is 13.4. The van der Waals surface area contributed by atoms with E-state index >= 15 is 0 Å². The number of unbranched alkanes of at least 4 members (excludes halogenated alkanes) is 1. The second-order valence-corrected chi connectivity index (χ2v) is 9.36. The smallest absolute Gasteiger partial charge is 0.295 e. The first-order chi connectivity index (χ1) is 18.6. The summed E-state index contributed by atoms with van der Waals surface area (Å²) in [5.41, 5.74) is 2.22. The summed E-state index contributed by atoms with van der Waals surface area (Å²) in [5, 5.41) is 11.4. The number of carbonyl (C=O) groups is 2. The predicted molar refractivity (Wildman–Crippen MR) is 143 cm³/mol. The monoisotopic (exact) mass is 513 g/mol. The number of ether oxygens (including phenoxy) is 3. The van der Waals surface area contributed by atoms with Crippen molar-refractivity contribution in [3.05, 3.63) is 95.1 Å². The van der Waals surface area contributed by atoms with Crippen molar-refractivity contribution in [2.75, 3.05) is 26.4 Å². The maximum Gasteiger partial charge on any atom is 0.295 e. The van der Waals surface area contributed by atoms with E-state index in [4.69, 9.17) is 14.2 Å². The van der Waals surface area contributed by atoms with Crippen molar-refractivity contribution in [1.82, 2.24) is 4.90 Å². The lowest BCUT2D eigenvalue weighted by molar-refractivity contribution is -0.139. The van der Waals surface area contributed by atoms with Crippen LogP contribution in [0.25, 0.3) is 5.76 Å². The number of likely N-dealkylation sites (tertiary alicyclic amines) is 1. The SMILES string of the molecule is CCCCOc1ccc(C2/C(=C(\O)c3ccc4c(c3)OCCO4)C(=O)C(=O)N2CCc2ccccc2)cc1. The van der Waals surface area contributed by atoms with Crippen LogP contribution in [-0.4, -0.2) is 48.1 Å². The van der Waals surface area contributed by atoms with Crippen LogP contribution in [0.3, 0.4) is 0 Å². The summed E-state index contributed by atoms with van der Waals surface area (Å²) >= 11 is 0. The van der Waals surface area contributed by atoms with Gasteiger partial charge >= 0.3 is 0 Å². The molecule has 1 fully saturated rings. The van der Waals surface area contributed by atoms with Gasteiger partial charge in [0.15, 0.2) is 11.5 Å². The van der Waals surface area contributed by atoms with Crippen molar-refractivity contribution >= 4 is 17.4 Å². The standard InChI is InChI=1S/C31H31NO6/c1-2-3-17-36-24-12-9-22(10-13-24)28-27(29(33)23-11-14-25-26(20-23)38-19-18-37-25)30(34)31(35)32(28)16-15-21-7-5-4-6-8-21/h4-14,20,28,33H,2-3,15-19H2,1H3/b29-27+. The van der Waals surface area contributed by atoms with Gasteiger partial charge in [0.2, 0.25) is 0 Å². The molecule has 0 aromatic heterocycles. The Labute approximate surface area is 222 Å². The van der Waals surface area contributed by atoms with E-state index in [1.54, 1.807) is 23.1 Å². The molecule has 1 N–H and O–H groups in total. The molecule has 0 aliphatic carbocycles. The van der Waals surface area contributed by atoms with Crippen LogP contribution in [0.1, 0.15) is 42.5 Å². The zero-order valence-corrected chi connectivity index (χ0v) is 21.4. The highest BCUT2D eigenvalue weighted by Gasteiger charge is 2.46. The number of amides is 1. The van der Waals surface area contributed by atoms with E-state index in [1.807, 2.05) is 54.6 Å². The first-order valence-corrected chi connectivity index (χ1v) is 13.0. The van der Waals surface area contributed by atoms with Gasteiger partial charge in [-0.2, -0.15) is 0 Å². The van der Waals surface area contributed by atoms with Gasteiger partial charge in [0.25, 0.3) is 11.7 Å². The predicted octanol–water partition coefficient (Wildman–Crippen LogP) is 5.30. The van der Waals surface area contributed by atoms with E-state index < -0.39 is 17.7 Å². The van der Waals surface area contributed by atoms with E-state index in [2.05, 4.69) is 6.92 Å². The minimum Gasteiger partial charge on any atom is -0.507 e. The van der Waals surface area contributed by atoms with Crippen molar-refractivity contribution in [3.8, 4) is 17.2 Å². The Morgan fingerprint density at radius 2 is 1.71 bits per heavy atom. The molecule has 1 unspecified atom stereocenters. The van der Waals surface area contributed by atoms with Crippen LogP contribution in [-0.2, 0) is 16.0 Å². The second-order valence-electron chi connectivity index (χ2n) is 9.36. The zero-order valence-electron chi connectivity index (χ0n) is 21.4. The van der Waals surface area contributed by atoms with Gasteiger partial charge in [0.05, 0.1) is 18.2 Å². The highest BCUT2D eigenvalue weighted by Crippen LogP contribution is 2.41. The third-order valence-electron chi connectivity index (χ3n) is 6.80.